The fourth-order valence-corrected chi connectivity index (χ4v) is 1.89. The Bertz CT molecular complexity index is 527. The van der Waals surface area contributed by atoms with Crippen LogP contribution in [0.2, 0.25) is 0 Å². The number of imidazole rings is 1. The van der Waals surface area contributed by atoms with Crippen molar-refractivity contribution < 1.29 is 9.13 Å². The minimum atomic E-state index is -0.304. The van der Waals surface area contributed by atoms with Gasteiger partial charge in [0.1, 0.15) is 17.4 Å². The third-order valence-electron chi connectivity index (χ3n) is 2.67. The zero-order valence-electron chi connectivity index (χ0n) is 10.1. The molecular formula is C13H14ClFN2O. The first-order valence-corrected chi connectivity index (χ1v) is 6.17. The van der Waals surface area contributed by atoms with Gasteiger partial charge in [-0.1, -0.05) is 0 Å². The Morgan fingerprint density at radius 3 is 2.94 bits per heavy atom. The summed E-state index contributed by atoms with van der Waals surface area (Å²) in [4.78, 5) is 4.20. The van der Waals surface area contributed by atoms with E-state index in [1.165, 1.54) is 12.1 Å². The highest BCUT2D eigenvalue weighted by atomic mass is 35.5. The van der Waals surface area contributed by atoms with Gasteiger partial charge < -0.3 is 9.30 Å². The SMILES string of the molecule is Cn1ccnc1CCOc1ccc(F)cc1CCl. The second kappa shape index (κ2) is 5.87. The van der Waals surface area contributed by atoms with Gasteiger partial charge in [-0.15, -0.1) is 11.6 Å². The number of alkyl halides is 1. The molecule has 0 saturated carbocycles. The Morgan fingerprint density at radius 2 is 2.28 bits per heavy atom. The lowest BCUT2D eigenvalue weighted by Gasteiger charge is -2.10. The van der Waals surface area contributed by atoms with Crippen molar-refractivity contribution in [2.75, 3.05) is 6.61 Å². The molecule has 1 aromatic heterocycles. The molecule has 0 aliphatic rings. The van der Waals surface area contributed by atoms with E-state index < -0.39 is 0 Å². The van der Waals surface area contributed by atoms with Crippen molar-refractivity contribution in [1.82, 2.24) is 9.55 Å². The number of ether oxygens (including phenoxy) is 1. The van der Waals surface area contributed by atoms with Crippen LogP contribution in [0.3, 0.4) is 0 Å². The van der Waals surface area contributed by atoms with Crippen molar-refractivity contribution in [2.24, 2.45) is 7.05 Å². The number of rotatable bonds is 5. The van der Waals surface area contributed by atoms with Crippen LogP contribution >= 0.6 is 11.6 Å². The number of hydrogen-bond acceptors (Lipinski definition) is 2. The van der Waals surface area contributed by atoms with Gasteiger partial charge in [0.05, 0.1) is 12.5 Å². The number of hydrogen-bond donors (Lipinski definition) is 0. The quantitative estimate of drug-likeness (QED) is 0.780. The van der Waals surface area contributed by atoms with Gasteiger partial charge >= 0.3 is 0 Å². The van der Waals surface area contributed by atoms with Crippen LogP contribution < -0.4 is 4.74 Å². The summed E-state index contributed by atoms with van der Waals surface area (Å²) in [6.45, 7) is 0.486. The number of benzene rings is 1. The number of aryl methyl sites for hydroxylation is 1. The molecular weight excluding hydrogens is 255 g/mol. The van der Waals surface area contributed by atoms with E-state index in [2.05, 4.69) is 4.98 Å². The summed E-state index contributed by atoms with van der Waals surface area (Å²) in [5, 5.41) is 0. The van der Waals surface area contributed by atoms with Crippen LogP contribution in [0.5, 0.6) is 5.75 Å². The van der Waals surface area contributed by atoms with Gasteiger partial charge in [0.25, 0.3) is 0 Å². The van der Waals surface area contributed by atoms with Crippen LogP contribution in [0.4, 0.5) is 4.39 Å². The largest absolute Gasteiger partial charge is 0.493 e. The zero-order valence-corrected chi connectivity index (χ0v) is 10.8. The molecule has 0 N–H and O–H groups in total. The van der Waals surface area contributed by atoms with Gasteiger partial charge in [0.15, 0.2) is 0 Å². The molecule has 18 heavy (non-hydrogen) atoms. The monoisotopic (exact) mass is 268 g/mol. The lowest BCUT2D eigenvalue weighted by molar-refractivity contribution is 0.314. The lowest BCUT2D eigenvalue weighted by atomic mass is 10.2. The van der Waals surface area contributed by atoms with Gasteiger partial charge in [-0.25, -0.2) is 9.37 Å². The van der Waals surface area contributed by atoms with E-state index in [0.717, 1.165) is 5.82 Å². The molecule has 0 bridgehead atoms. The molecule has 0 aliphatic heterocycles. The van der Waals surface area contributed by atoms with Crippen molar-refractivity contribution in [3.05, 3.63) is 47.8 Å². The third-order valence-corrected chi connectivity index (χ3v) is 2.96. The molecule has 96 valence electrons. The summed E-state index contributed by atoms with van der Waals surface area (Å²) in [6, 6.07) is 4.36. The second-order valence-electron chi connectivity index (χ2n) is 3.94. The van der Waals surface area contributed by atoms with Gasteiger partial charge in [0, 0.05) is 31.4 Å². The van der Waals surface area contributed by atoms with Gasteiger partial charge in [-0.3, -0.25) is 0 Å². The summed E-state index contributed by atoms with van der Waals surface area (Å²) in [5.41, 5.74) is 0.663. The van der Waals surface area contributed by atoms with Crippen LogP contribution in [0.1, 0.15) is 11.4 Å². The highest BCUT2D eigenvalue weighted by Crippen LogP contribution is 2.21. The number of nitrogens with zero attached hydrogens (tertiary/aromatic N) is 2. The molecule has 5 heteroatoms. The first-order chi connectivity index (χ1) is 8.70. The molecule has 0 fully saturated rings. The molecule has 0 aliphatic carbocycles. The molecule has 0 atom stereocenters. The maximum atomic E-state index is 13.0. The van der Waals surface area contributed by atoms with E-state index in [9.17, 15) is 4.39 Å². The Morgan fingerprint density at radius 1 is 1.44 bits per heavy atom. The van der Waals surface area contributed by atoms with E-state index in [4.69, 9.17) is 16.3 Å². The summed E-state index contributed by atoms with van der Waals surface area (Å²) in [5.74, 6) is 1.50. The average molecular weight is 269 g/mol. The van der Waals surface area contributed by atoms with E-state index in [1.807, 2.05) is 17.8 Å². The first kappa shape index (κ1) is 12.9. The van der Waals surface area contributed by atoms with Gasteiger partial charge in [0.2, 0.25) is 0 Å². The summed E-state index contributed by atoms with van der Waals surface area (Å²) in [6.07, 6.45) is 4.33. The van der Waals surface area contributed by atoms with Crippen LogP contribution in [0.15, 0.2) is 30.6 Å². The van der Waals surface area contributed by atoms with Crippen molar-refractivity contribution in [2.45, 2.75) is 12.3 Å². The van der Waals surface area contributed by atoms with Crippen LogP contribution in [0.25, 0.3) is 0 Å². The Labute approximate surface area is 110 Å². The van der Waals surface area contributed by atoms with Gasteiger partial charge in [-0.05, 0) is 18.2 Å². The molecule has 2 rings (SSSR count). The number of aromatic nitrogens is 2. The van der Waals surface area contributed by atoms with Crippen molar-refractivity contribution in [3.63, 3.8) is 0 Å². The summed E-state index contributed by atoms with van der Waals surface area (Å²) >= 11 is 5.74. The normalized spacial score (nSPS) is 10.6. The topological polar surface area (TPSA) is 27.1 Å². The zero-order chi connectivity index (χ0) is 13.0. The fraction of sp³-hybridized carbons (Fsp3) is 0.308. The minimum Gasteiger partial charge on any atom is -0.493 e. The second-order valence-corrected chi connectivity index (χ2v) is 4.21. The molecule has 0 spiro atoms. The van der Waals surface area contributed by atoms with Crippen LogP contribution in [-0.2, 0) is 19.3 Å². The van der Waals surface area contributed by atoms with Crippen molar-refractivity contribution in [3.8, 4) is 5.75 Å². The highest BCUT2D eigenvalue weighted by Gasteiger charge is 2.05. The van der Waals surface area contributed by atoms with E-state index in [0.29, 0.717) is 24.3 Å². The molecule has 0 saturated heterocycles. The van der Waals surface area contributed by atoms with E-state index >= 15 is 0 Å². The smallest absolute Gasteiger partial charge is 0.123 e. The Hall–Kier alpha value is -1.55. The van der Waals surface area contributed by atoms with Crippen molar-refractivity contribution in [1.29, 1.82) is 0 Å². The number of halogens is 2. The summed E-state index contributed by atoms with van der Waals surface area (Å²) < 4.78 is 20.6. The van der Waals surface area contributed by atoms with E-state index in [1.54, 1.807) is 12.3 Å². The first-order valence-electron chi connectivity index (χ1n) is 5.64. The highest BCUT2D eigenvalue weighted by molar-refractivity contribution is 6.17. The maximum absolute atomic E-state index is 13.0. The molecule has 0 unspecified atom stereocenters. The standard InChI is InChI=1S/C13H14ClFN2O/c1-17-6-5-16-13(17)4-7-18-12-3-2-11(15)8-10(12)9-14/h2-3,5-6,8H,4,7,9H2,1H3. The van der Waals surface area contributed by atoms with Crippen LogP contribution in [0, 0.1) is 5.82 Å². The summed E-state index contributed by atoms with van der Waals surface area (Å²) in [7, 11) is 1.93. The third kappa shape index (κ3) is 3.01. The van der Waals surface area contributed by atoms with E-state index in [-0.39, 0.29) is 11.7 Å². The van der Waals surface area contributed by atoms with Crippen molar-refractivity contribution >= 4 is 11.6 Å². The predicted octanol–water partition coefficient (Wildman–Crippen LogP) is 2.92. The molecule has 1 aromatic carbocycles. The Kier molecular flexibility index (Phi) is 4.20. The van der Waals surface area contributed by atoms with Gasteiger partial charge in [-0.2, -0.15) is 0 Å². The van der Waals surface area contributed by atoms with Crippen LogP contribution in [-0.4, -0.2) is 16.2 Å². The molecule has 0 amide bonds. The molecule has 2 aromatic rings. The Balaban J connectivity index is 1.96. The minimum absolute atomic E-state index is 0.232. The maximum Gasteiger partial charge on any atom is 0.123 e. The lowest BCUT2D eigenvalue weighted by Crippen LogP contribution is -2.07. The fourth-order valence-electron chi connectivity index (χ4n) is 1.68. The molecule has 1 heterocycles. The predicted molar refractivity (Wildman–Crippen MR) is 68.4 cm³/mol. The molecule has 0 radical (unpaired) electrons. The average Bonchev–Trinajstić information content (AvgIpc) is 2.77. The molecule has 3 nitrogen and oxygen atoms in total.